The Morgan fingerprint density at radius 3 is 2.95 bits per heavy atom. The zero-order valence-electron chi connectivity index (χ0n) is 11.9. The molecule has 0 aromatic carbocycles. The first kappa shape index (κ1) is 15.2. The minimum absolute atomic E-state index is 0.108. The molecule has 0 bridgehead atoms. The minimum Gasteiger partial charge on any atom is -0.326 e. The van der Waals surface area contributed by atoms with Gasteiger partial charge < -0.3 is 10.6 Å². The van der Waals surface area contributed by atoms with Gasteiger partial charge in [-0.05, 0) is 20.9 Å². The predicted molar refractivity (Wildman–Crippen MR) is 83.1 cm³/mol. The van der Waals surface area contributed by atoms with E-state index in [4.69, 9.17) is 17.3 Å². The third-order valence-corrected chi connectivity index (χ3v) is 5.36. The fourth-order valence-corrected chi connectivity index (χ4v) is 4.12. The van der Waals surface area contributed by atoms with Crippen LogP contribution in [-0.4, -0.2) is 51.9 Å². The van der Waals surface area contributed by atoms with E-state index in [9.17, 15) is 0 Å². The normalized spacial score (nSPS) is 22.7. The van der Waals surface area contributed by atoms with Gasteiger partial charge in [0.25, 0.3) is 0 Å². The van der Waals surface area contributed by atoms with Crippen LogP contribution < -0.4 is 5.73 Å². The summed E-state index contributed by atoms with van der Waals surface area (Å²) in [5.41, 5.74) is 8.40. The summed E-state index contributed by atoms with van der Waals surface area (Å²) in [5.74, 6) is 2.31. The average molecular weight is 303 g/mol. The summed E-state index contributed by atoms with van der Waals surface area (Å²) < 4.78 is 1.98. The van der Waals surface area contributed by atoms with E-state index >= 15 is 0 Å². The van der Waals surface area contributed by atoms with Crippen molar-refractivity contribution >= 4 is 23.4 Å². The molecule has 2 rings (SSSR count). The van der Waals surface area contributed by atoms with Crippen molar-refractivity contribution in [3.63, 3.8) is 0 Å². The van der Waals surface area contributed by atoms with Gasteiger partial charge in [-0.2, -0.15) is 16.9 Å². The third-order valence-electron chi connectivity index (χ3n) is 3.82. The molecule has 2 heterocycles. The first-order valence-corrected chi connectivity index (χ1v) is 8.33. The van der Waals surface area contributed by atoms with Crippen LogP contribution in [0.4, 0.5) is 0 Å². The summed E-state index contributed by atoms with van der Waals surface area (Å²) in [6.07, 6.45) is 0.795. The highest BCUT2D eigenvalue weighted by molar-refractivity contribution is 7.99. The van der Waals surface area contributed by atoms with Gasteiger partial charge in [0.2, 0.25) is 0 Å². The number of hydrogen-bond donors (Lipinski definition) is 1. The van der Waals surface area contributed by atoms with Crippen LogP contribution in [0.25, 0.3) is 0 Å². The summed E-state index contributed by atoms with van der Waals surface area (Å²) >= 11 is 8.34. The molecule has 1 aliphatic rings. The number of nitrogens with two attached hydrogens (primary N) is 1. The van der Waals surface area contributed by atoms with E-state index in [-0.39, 0.29) is 6.04 Å². The lowest BCUT2D eigenvalue weighted by Crippen LogP contribution is -2.51. The molecule has 0 radical (unpaired) electrons. The second-order valence-corrected chi connectivity index (χ2v) is 6.68. The Hall–Kier alpha value is -0.230. The van der Waals surface area contributed by atoms with Crippen LogP contribution in [-0.2, 0) is 13.0 Å². The molecule has 2 unspecified atom stereocenters. The van der Waals surface area contributed by atoms with Gasteiger partial charge in [-0.15, -0.1) is 0 Å². The second-order valence-electron chi connectivity index (χ2n) is 5.15. The van der Waals surface area contributed by atoms with Gasteiger partial charge in [0, 0.05) is 43.1 Å². The number of hydrogen-bond acceptors (Lipinski definition) is 4. The largest absolute Gasteiger partial charge is 0.326 e. The van der Waals surface area contributed by atoms with Crippen molar-refractivity contribution in [3.05, 3.63) is 16.4 Å². The Labute approximate surface area is 124 Å². The highest BCUT2D eigenvalue weighted by Crippen LogP contribution is 2.24. The number of thioether (sulfide) groups is 1. The number of likely N-dealkylation sites (N-methyl/N-ethyl adjacent to an activating group) is 1. The number of rotatable bonds is 4. The molecule has 0 spiro atoms. The van der Waals surface area contributed by atoms with E-state index < -0.39 is 0 Å². The Kier molecular flexibility index (Phi) is 5.17. The van der Waals surface area contributed by atoms with Crippen LogP contribution in [0.15, 0.2) is 0 Å². The van der Waals surface area contributed by atoms with Crippen molar-refractivity contribution in [1.82, 2.24) is 14.7 Å². The number of aromatic nitrogens is 2. The first-order valence-electron chi connectivity index (χ1n) is 6.80. The molecule has 0 saturated carbocycles. The molecule has 1 saturated heterocycles. The molecule has 1 fully saturated rings. The number of aryl methyl sites for hydroxylation is 2. The molecule has 2 N–H and O–H groups in total. The SMILES string of the molecule is CCn1nc(C)c(Cl)c1CC(N)C1CSCCN1C. The maximum absolute atomic E-state index is 6.42. The molecular formula is C13H23ClN4S. The molecule has 19 heavy (non-hydrogen) atoms. The molecular weight excluding hydrogens is 280 g/mol. The molecule has 108 valence electrons. The van der Waals surface area contributed by atoms with Crippen molar-refractivity contribution in [2.45, 2.75) is 38.9 Å². The van der Waals surface area contributed by atoms with E-state index in [2.05, 4.69) is 24.0 Å². The van der Waals surface area contributed by atoms with Crippen LogP contribution in [0.2, 0.25) is 5.02 Å². The summed E-state index contributed by atoms with van der Waals surface area (Å²) in [4.78, 5) is 2.37. The second kappa shape index (κ2) is 6.48. The quantitative estimate of drug-likeness (QED) is 0.921. The topological polar surface area (TPSA) is 47.1 Å². The zero-order valence-corrected chi connectivity index (χ0v) is 13.5. The smallest absolute Gasteiger partial charge is 0.0847 e. The molecule has 2 atom stereocenters. The summed E-state index contributed by atoms with van der Waals surface area (Å²) in [7, 11) is 2.16. The predicted octanol–water partition coefficient (Wildman–Crippen LogP) is 1.78. The van der Waals surface area contributed by atoms with Crippen LogP contribution in [0.5, 0.6) is 0 Å². The average Bonchev–Trinajstić information content (AvgIpc) is 2.67. The van der Waals surface area contributed by atoms with E-state index in [0.29, 0.717) is 6.04 Å². The van der Waals surface area contributed by atoms with Gasteiger partial charge in [-0.1, -0.05) is 11.6 Å². The van der Waals surface area contributed by atoms with E-state index in [1.165, 1.54) is 5.75 Å². The Morgan fingerprint density at radius 1 is 1.58 bits per heavy atom. The minimum atomic E-state index is 0.108. The van der Waals surface area contributed by atoms with Crippen LogP contribution in [0.3, 0.4) is 0 Å². The lowest BCUT2D eigenvalue weighted by Gasteiger charge is -2.36. The monoisotopic (exact) mass is 302 g/mol. The van der Waals surface area contributed by atoms with Crippen molar-refractivity contribution in [1.29, 1.82) is 0 Å². The van der Waals surface area contributed by atoms with Gasteiger partial charge >= 0.3 is 0 Å². The van der Waals surface area contributed by atoms with Crippen LogP contribution in [0, 0.1) is 6.92 Å². The van der Waals surface area contributed by atoms with E-state index in [1.807, 2.05) is 23.4 Å². The Bertz CT molecular complexity index is 435. The highest BCUT2D eigenvalue weighted by atomic mass is 35.5. The Morgan fingerprint density at radius 2 is 2.32 bits per heavy atom. The van der Waals surface area contributed by atoms with Gasteiger partial charge in [0.15, 0.2) is 0 Å². The van der Waals surface area contributed by atoms with E-state index in [0.717, 1.165) is 41.7 Å². The molecule has 0 aliphatic carbocycles. The molecule has 1 aliphatic heterocycles. The molecule has 1 aromatic heterocycles. The molecule has 6 heteroatoms. The third kappa shape index (κ3) is 3.27. The van der Waals surface area contributed by atoms with Crippen LogP contribution >= 0.6 is 23.4 Å². The lowest BCUT2D eigenvalue weighted by atomic mass is 10.0. The molecule has 1 aromatic rings. The summed E-state index contributed by atoms with van der Waals surface area (Å²) in [6, 6.07) is 0.534. The summed E-state index contributed by atoms with van der Waals surface area (Å²) in [5, 5.41) is 5.24. The number of nitrogens with zero attached hydrogens (tertiary/aromatic N) is 3. The maximum atomic E-state index is 6.42. The Balaban J connectivity index is 2.11. The number of halogens is 1. The summed E-state index contributed by atoms with van der Waals surface area (Å²) in [6.45, 7) is 5.99. The standard InChI is InChI=1S/C13H23ClN4S/c1-4-18-11(13(14)9(2)16-18)7-10(15)12-8-19-6-5-17(12)3/h10,12H,4-8,15H2,1-3H3. The van der Waals surface area contributed by atoms with Crippen LogP contribution in [0.1, 0.15) is 18.3 Å². The van der Waals surface area contributed by atoms with Crippen molar-refractivity contribution in [2.75, 3.05) is 25.1 Å². The lowest BCUT2D eigenvalue weighted by molar-refractivity contribution is 0.234. The van der Waals surface area contributed by atoms with Gasteiger partial charge in [0.05, 0.1) is 16.4 Å². The highest BCUT2D eigenvalue weighted by Gasteiger charge is 2.27. The van der Waals surface area contributed by atoms with Crippen molar-refractivity contribution in [2.24, 2.45) is 5.73 Å². The first-order chi connectivity index (χ1) is 9.04. The van der Waals surface area contributed by atoms with Crippen molar-refractivity contribution in [3.8, 4) is 0 Å². The molecule has 4 nitrogen and oxygen atoms in total. The van der Waals surface area contributed by atoms with Crippen molar-refractivity contribution < 1.29 is 0 Å². The van der Waals surface area contributed by atoms with Gasteiger partial charge in [0.1, 0.15) is 0 Å². The fourth-order valence-electron chi connectivity index (χ4n) is 2.58. The maximum Gasteiger partial charge on any atom is 0.0847 e. The van der Waals surface area contributed by atoms with E-state index in [1.54, 1.807) is 0 Å². The van der Waals surface area contributed by atoms with Gasteiger partial charge in [-0.3, -0.25) is 4.68 Å². The van der Waals surface area contributed by atoms with Gasteiger partial charge in [-0.25, -0.2) is 0 Å². The zero-order chi connectivity index (χ0) is 14.0. The molecule has 0 amide bonds. The fraction of sp³-hybridized carbons (Fsp3) is 0.769.